The van der Waals surface area contributed by atoms with Crippen molar-refractivity contribution >= 4 is 59.4 Å². The maximum atomic E-state index is 14.7. The number of carbonyl (C=O) groups is 9. The number of esters is 1. The number of aromatic nitrogens is 2. The zero-order valence-corrected chi connectivity index (χ0v) is 48.0. The molecule has 1 fully saturated rings. The monoisotopic (exact) mass is 1160 g/mol. The minimum atomic E-state index is -1.44. The van der Waals surface area contributed by atoms with Gasteiger partial charge in [-0.3, -0.25) is 33.6 Å². The number of aromatic amines is 1. The number of hydrazone groups is 1. The molecule has 2 aromatic carbocycles. The number of phenols is 1. The number of rotatable bonds is 32. The summed E-state index contributed by atoms with van der Waals surface area (Å²) >= 11 is 0. The number of likely N-dealkylation sites (tertiary alicyclic amines) is 1. The number of imidazole rings is 1. The normalized spacial score (nSPS) is 15.6. The van der Waals surface area contributed by atoms with Gasteiger partial charge in [0.05, 0.1) is 12.9 Å². The molecular formula is C55H80N14O14. The van der Waals surface area contributed by atoms with Gasteiger partial charge in [0, 0.05) is 44.9 Å². The molecule has 28 heteroatoms. The van der Waals surface area contributed by atoms with Gasteiger partial charge < -0.3 is 72.3 Å². The second kappa shape index (κ2) is 33.8. The summed E-state index contributed by atoms with van der Waals surface area (Å²) in [7, 11) is 1.32. The molecule has 1 aliphatic heterocycles. The average Bonchev–Trinajstić information content (AvgIpc) is 4.42. The van der Waals surface area contributed by atoms with Gasteiger partial charge in [0.2, 0.25) is 41.4 Å². The van der Waals surface area contributed by atoms with E-state index in [9.17, 15) is 58.4 Å². The van der Waals surface area contributed by atoms with Crippen LogP contribution in [0.15, 0.2) is 72.2 Å². The highest BCUT2D eigenvalue weighted by atomic mass is 16.7. The standard InChI is InChI=1S/C55H80N14O14/c1-8-10-26-82-53(78)35(6)60-49(74)43-19-15-25-68(43)52(77)42(28-38-29-57-32-59-38)63-51(76)46(34(5)9-2)65-48(73)41(27-36-20-22-39(70)23-21-36)62-50(75)45(33(3)4)64-47(72)40(18-14-24-58-54(56)66-69(80)81)61-44(71)30-67(7)55(79)83-31-37-16-12-11-13-17-37/h11-13,16-17,20-23,29,32-35,40-43,45-46,70H,8-10,14-15,18-19,24-28,30-31H2,1-7H3,(H,57,59)(H,60,74)(H,61,71)(H,62,75)(H,63,76)(H,64,72)(H,65,73)(H3,56,58,66)/t34?,35-,40+,41+,42+,43?,45+,46+/m1/s1. The van der Waals surface area contributed by atoms with E-state index in [1.165, 1.54) is 55.7 Å². The minimum Gasteiger partial charge on any atom is -0.508 e. The number of guanidine groups is 1. The number of amides is 8. The molecule has 1 aromatic heterocycles. The Kier molecular flexibility index (Phi) is 27.1. The van der Waals surface area contributed by atoms with Crippen molar-refractivity contribution in [3.63, 3.8) is 0 Å². The van der Waals surface area contributed by atoms with E-state index in [1.54, 1.807) is 58.0 Å². The molecule has 0 bridgehead atoms. The van der Waals surface area contributed by atoms with Crippen LogP contribution in [0.4, 0.5) is 4.79 Å². The average molecular weight is 1160 g/mol. The minimum absolute atomic E-state index is 0.0372. The lowest BCUT2D eigenvalue weighted by molar-refractivity contribution is -0.485. The van der Waals surface area contributed by atoms with Gasteiger partial charge in [-0.1, -0.05) is 89.9 Å². The maximum absolute atomic E-state index is 14.7. The van der Waals surface area contributed by atoms with Crippen LogP contribution in [0.25, 0.3) is 0 Å². The fraction of sp³-hybridized carbons (Fsp3) is 0.545. The van der Waals surface area contributed by atoms with Crippen LogP contribution in [0.5, 0.6) is 5.75 Å². The fourth-order valence-electron chi connectivity index (χ4n) is 8.74. The molecule has 0 saturated carbocycles. The van der Waals surface area contributed by atoms with Crippen LogP contribution in [-0.2, 0) is 67.3 Å². The first-order valence-electron chi connectivity index (χ1n) is 27.7. The van der Waals surface area contributed by atoms with Gasteiger partial charge in [-0.05, 0) is 74.1 Å². The topological polar surface area (TPSA) is 393 Å². The number of phenolic OH excluding ortho intramolecular Hbond substituents is 1. The zero-order chi connectivity index (χ0) is 61.2. The van der Waals surface area contributed by atoms with Crippen LogP contribution in [0.1, 0.15) is 103 Å². The van der Waals surface area contributed by atoms with E-state index >= 15 is 0 Å². The molecule has 83 heavy (non-hydrogen) atoms. The number of hydrogen-bond acceptors (Lipinski definition) is 15. The number of likely N-dealkylation sites (N-methyl/N-ethyl adjacent to an activating group) is 1. The van der Waals surface area contributed by atoms with Gasteiger partial charge in [-0.15, -0.1) is 0 Å². The first kappa shape index (κ1) is 66.7. The van der Waals surface area contributed by atoms with E-state index in [1.807, 2.05) is 6.92 Å². The quantitative estimate of drug-likeness (QED) is 0.0104. The molecule has 28 nitrogen and oxygen atoms in total. The lowest BCUT2D eigenvalue weighted by atomic mass is 9.96. The Morgan fingerprint density at radius 2 is 1.49 bits per heavy atom. The number of nitrogens with zero attached hydrogens (tertiary/aromatic N) is 5. The van der Waals surface area contributed by atoms with Crippen molar-refractivity contribution in [3.05, 3.63) is 94.1 Å². The van der Waals surface area contributed by atoms with Gasteiger partial charge in [0.15, 0.2) is 5.03 Å². The van der Waals surface area contributed by atoms with Crippen LogP contribution in [0.3, 0.4) is 0 Å². The third-order valence-corrected chi connectivity index (χ3v) is 13.7. The lowest BCUT2D eigenvalue weighted by Gasteiger charge is -2.32. The Balaban J connectivity index is 1.56. The number of H-pyrrole nitrogens is 1. The number of ether oxygens (including phenoxy) is 2. The Bertz CT molecular complexity index is 2680. The maximum Gasteiger partial charge on any atom is 0.410 e. The number of nitrogens with one attached hydrogen (secondary N) is 8. The SMILES string of the molecule is CCCCOC(=O)[C@@H](C)NC(=O)C1CCCN1C(=O)[C@H](Cc1cnc[nH]1)NC(=O)[C@@H](NC(=O)[C@H](Cc1ccc(O)cc1)NC(=O)[C@@H](NC(=O)[C@H](CCCN/C(N)=N\[N+](=O)[O-])NC(=O)CN(C)C(=O)OCc1ccccc1)C(C)C)C(C)CC. The van der Waals surface area contributed by atoms with Crippen molar-refractivity contribution < 1.29 is 62.8 Å². The summed E-state index contributed by atoms with van der Waals surface area (Å²) in [5.41, 5.74) is 7.21. The molecule has 0 spiro atoms. The molecule has 1 aliphatic rings. The Labute approximate surface area is 481 Å². The molecule has 2 unspecified atom stereocenters. The molecule has 0 radical (unpaired) electrons. The number of aromatic hydroxyl groups is 1. The first-order chi connectivity index (χ1) is 39.5. The highest BCUT2D eigenvalue weighted by molar-refractivity contribution is 5.98. The van der Waals surface area contributed by atoms with Crippen LogP contribution >= 0.6 is 0 Å². The third kappa shape index (κ3) is 22.2. The van der Waals surface area contributed by atoms with E-state index in [2.05, 4.69) is 52.3 Å². The molecule has 4 rings (SSSR count). The predicted molar refractivity (Wildman–Crippen MR) is 301 cm³/mol. The molecule has 3 aromatic rings. The summed E-state index contributed by atoms with van der Waals surface area (Å²) in [5.74, 6) is -7.68. The molecule has 0 aliphatic carbocycles. The number of carbonyl (C=O) groups excluding carboxylic acids is 9. The summed E-state index contributed by atoms with van der Waals surface area (Å²) in [5, 5.41) is 41.6. The van der Waals surface area contributed by atoms with E-state index in [0.29, 0.717) is 36.1 Å². The highest BCUT2D eigenvalue weighted by Gasteiger charge is 2.41. The van der Waals surface area contributed by atoms with Crippen molar-refractivity contribution in [3.8, 4) is 5.75 Å². The van der Waals surface area contributed by atoms with Crippen LogP contribution in [-0.4, -0.2) is 165 Å². The van der Waals surface area contributed by atoms with Gasteiger partial charge in [0.1, 0.15) is 66.3 Å². The molecule has 2 heterocycles. The number of nitrogens with two attached hydrogens (primary N) is 1. The van der Waals surface area contributed by atoms with Crippen LogP contribution < -0.4 is 43.0 Å². The van der Waals surface area contributed by atoms with Gasteiger partial charge in [-0.2, -0.15) is 0 Å². The van der Waals surface area contributed by atoms with E-state index in [0.717, 1.165) is 11.3 Å². The van der Waals surface area contributed by atoms with Crippen LogP contribution in [0, 0.1) is 22.0 Å². The molecule has 11 N–H and O–H groups in total. The number of unbranched alkanes of at least 4 members (excludes halogenated alkanes) is 1. The van der Waals surface area contributed by atoms with Gasteiger partial charge in [0.25, 0.3) is 5.96 Å². The number of nitro groups is 1. The Morgan fingerprint density at radius 3 is 2.13 bits per heavy atom. The van der Waals surface area contributed by atoms with Crippen molar-refractivity contribution in [2.24, 2.45) is 22.7 Å². The molecular weight excluding hydrogens is 1080 g/mol. The smallest absolute Gasteiger partial charge is 0.410 e. The number of hydrogen-bond donors (Lipinski definition) is 10. The summed E-state index contributed by atoms with van der Waals surface area (Å²) in [6, 6.07) is 5.91. The van der Waals surface area contributed by atoms with Crippen LogP contribution in [0.2, 0.25) is 0 Å². The van der Waals surface area contributed by atoms with Crippen molar-refractivity contribution in [1.82, 2.24) is 57.0 Å². The molecule has 454 valence electrons. The summed E-state index contributed by atoms with van der Waals surface area (Å²) in [4.78, 5) is 145. The van der Waals surface area contributed by atoms with Crippen molar-refractivity contribution in [2.75, 3.05) is 33.3 Å². The summed E-state index contributed by atoms with van der Waals surface area (Å²) < 4.78 is 10.6. The van der Waals surface area contributed by atoms with Crippen molar-refractivity contribution in [1.29, 1.82) is 0 Å². The van der Waals surface area contributed by atoms with Crippen molar-refractivity contribution in [2.45, 2.75) is 148 Å². The van der Waals surface area contributed by atoms with E-state index in [-0.39, 0.29) is 64.2 Å². The Hall–Kier alpha value is -8.85. The molecule has 1 saturated heterocycles. The number of benzene rings is 2. The second-order valence-corrected chi connectivity index (χ2v) is 20.6. The first-order valence-corrected chi connectivity index (χ1v) is 27.7. The van der Waals surface area contributed by atoms with E-state index in [4.69, 9.17) is 15.2 Å². The second-order valence-electron chi connectivity index (χ2n) is 20.6. The fourth-order valence-corrected chi connectivity index (χ4v) is 8.74. The largest absolute Gasteiger partial charge is 0.508 e. The van der Waals surface area contributed by atoms with Gasteiger partial charge >= 0.3 is 12.1 Å². The third-order valence-electron chi connectivity index (χ3n) is 13.7. The summed E-state index contributed by atoms with van der Waals surface area (Å²) in [6.45, 7) is 9.88. The zero-order valence-electron chi connectivity index (χ0n) is 48.0. The molecule has 8 amide bonds. The predicted octanol–water partition coefficient (Wildman–Crippen LogP) is 1.01. The summed E-state index contributed by atoms with van der Waals surface area (Å²) in [6.07, 6.45) is 4.27. The van der Waals surface area contributed by atoms with Gasteiger partial charge in [-0.25, -0.2) is 24.7 Å². The molecule has 8 atom stereocenters. The lowest BCUT2D eigenvalue weighted by Crippen LogP contribution is -2.62. The highest BCUT2D eigenvalue weighted by Crippen LogP contribution is 2.21. The Morgan fingerprint density at radius 1 is 0.831 bits per heavy atom. The van der Waals surface area contributed by atoms with E-state index < -0.39 is 125 Å².